The maximum absolute atomic E-state index is 12.5. The van der Waals surface area contributed by atoms with E-state index in [0.717, 1.165) is 22.6 Å². The first-order chi connectivity index (χ1) is 15.2. The van der Waals surface area contributed by atoms with Crippen molar-refractivity contribution in [2.24, 2.45) is 0 Å². The van der Waals surface area contributed by atoms with E-state index >= 15 is 0 Å². The fourth-order valence-electron chi connectivity index (χ4n) is 3.74. The third-order valence-electron chi connectivity index (χ3n) is 5.35. The molecule has 31 heavy (non-hydrogen) atoms. The standard InChI is InChI=1S/C28H21NO2/c1-20-11-15-23(16-12-20)29(22-7-3-2-4-8-22)24-17-13-21(14-18-24)28-19-26(30)25-9-5-6-10-27(25)31-28/h2-19H,1H3. The van der Waals surface area contributed by atoms with Gasteiger partial charge in [-0.3, -0.25) is 4.79 Å². The lowest BCUT2D eigenvalue weighted by Gasteiger charge is -2.25. The van der Waals surface area contributed by atoms with Crippen molar-refractivity contribution in [2.75, 3.05) is 4.90 Å². The van der Waals surface area contributed by atoms with Crippen LogP contribution in [0.15, 0.2) is 118 Å². The van der Waals surface area contributed by atoms with Gasteiger partial charge in [0, 0.05) is 28.7 Å². The van der Waals surface area contributed by atoms with Crippen LogP contribution in [-0.4, -0.2) is 0 Å². The quantitative estimate of drug-likeness (QED) is 0.317. The number of rotatable bonds is 4. The van der Waals surface area contributed by atoms with Crippen LogP contribution < -0.4 is 10.3 Å². The summed E-state index contributed by atoms with van der Waals surface area (Å²) in [6, 6.07) is 35.7. The Morgan fingerprint density at radius 2 is 1.23 bits per heavy atom. The smallest absolute Gasteiger partial charge is 0.193 e. The van der Waals surface area contributed by atoms with Crippen molar-refractivity contribution in [2.45, 2.75) is 6.92 Å². The molecule has 0 aliphatic carbocycles. The summed E-state index contributed by atoms with van der Waals surface area (Å²) in [5.74, 6) is 0.567. The van der Waals surface area contributed by atoms with Crippen LogP contribution in [0.1, 0.15) is 5.56 Å². The summed E-state index contributed by atoms with van der Waals surface area (Å²) in [4.78, 5) is 14.7. The largest absolute Gasteiger partial charge is 0.456 e. The van der Waals surface area contributed by atoms with Crippen LogP contribution in [0.4, 0.5) is 17.1 Å². The topological polar surface area (TPSA) is 33.5 Å². The van der Waals surface area contributed by atoms with E-state index in [9.17, 15) is 4.79 Å². The minimum absolute atomic E-state index is 0.0357. The van der Waals surface area contributed by atoms with Crippen LogP contribution in [0, 0.1) is 6.92 Å². The number of fused-ring (bicyclic) bond motifs is 1. The van der Waals surface area contributed by atoms with Gasteiger partial charge in [0.25, 0.3) is 0 Å². The van der Waals surface area contributed by atoms with Crippen molar-refractivity contribution in [3.05, 3.63) is 125 Å². The van der Waals surface area contributed by atoms with Gasteiger partial charge >= 0.3 is 0 Å². The Labute approximate surface area is 180 Å². The first kappa shape index (κ1) is 18.9. The normalized spacial score (nSPS) is 10.9. The Morgan fingerprint density at radius 1 is 0.645 bits per heavy atom. The molecule has 0 saturated heterocycles. The molecule has 0 spiro atoms. The molecule has 0 fully saturated rings. The van der Waals surface area contributed by atoms with Gasteiger partial charge in [0.1, 0.15) is 11.3 Å². The molecule has 3 nitrogen and oxygen atoms in total. The van der Waals surface area contributed by atoms with Gasteiger partial charge in [-0.2, -0.15) is 0 Å². The summed E-state index contributed by atoms with van der Waals surface area (Å²) >= 11 is 0. The van der Waals surface area contributed by atoms with E-state index in [4.69, 9.17) is 4.42 Å². The second-order valence-electron chi connectivity index (χ2n) is 7.52. The van der Waals surface area contributed by atoms with Crippen LogP contribution >= 0.6 is 0 Å². The number of benzene rings is 4. The van der Waals surface area contributed by atoms with Crippen molar-refractivity contribution in [1.82, 2.24) is 0 Å². The van der Waals surface area contributed by atoms with E-state index in [1.54, 1.807) is 12.1 Å². The fraction of sp³-hybridized carbons (Fsp3) is 0.0357. The minimum atomic E-state index is -0.0357. The van der Waals surface area contributed by atoms with Crippen molar-refractivity contribution >= 4 is 28.0 Å². The number of nitrogens with zero attached hydrogens (tertiary/aromatic N) is 1. The zero-order valence-electron chi connectivity index (χ0n) is 17.2. The van der Waals surface area contributed by atoms with Crippen LogP contribution in [0.2, 0.25) is 0 Å². The van der Waals surface area contributed by atoms with E-state index in [1.807, 2.05) is 48.5 Å². The summed E-state index contributed by atoms with van der Waals surface area (Å²) in [5, 5.41) is 0.595. The molecule has 1 aromatic heterocycles. The van der Waals surface area contributed by atoms with E-state index in [1.165, 1.54) is 5.56 Å². The molecule has 0 radical (unpaired) electrons. The summed E-state index contributed by atoms with van der Waals surface area (Å²) in [6.45, 7) is 2.09. The molecule has 4 aromatic carbocycles. The number of hydrogen-bond acceptors (Lipinski definition) is 3. The first-order valence-electron chi connectivity index (χ1n) is 10.2. The molecule has 1 heterocycles. The molecule has 0 amide bonds. The zero-order valence-corrected chi connectivity index (χ0v) is 17.2. The third-order valence-corrected chi connectivity index (χ3v) is 5.35. The average Bonchev–Trinajstić information content (AvgIpc) is 2.82. The van der Waals surface area contributed by atoms with E-state index in [2.05, 4.69) is 60.4 Å². The van der Waals surface area contributed by atoms with Gasteiger partial charge in [-0.15, -0.1) is 0 Å². The molecule has 0 saturated carbocycles. The number of anilines is 3. The zero-order chi connectivity index (χ0) is 21.2. The Bertz CT molecular complexity index is 1390. The molecule has 150 valence electrons. The van der Waals surface area contributed by atoms with Crippen molar-refractivity contribution in [3.63, 3.8) is 0 Å². The van der Waals surface area contributed by atoms with E-state index < -0.39 is 0 Å². The van der Waals surface area contributed by atoms with Gasteiger partial charge in [0.05, 0.1) is 5.39 Å². The van der Waals surface area contributed by atoms with Gasteiger partial charge in [0.2, 0.25) is 0 Å². The highest BCUT2D eigenvalue weighted by Gasteiger charge is 2.13. The molecule has 0 aliphatic heterocycles. The summed E-state index contributed by atoms with van der Waals surface area (Å²) in [5.41, 5.74) is 5.84. The lowest BCUT2D eigenvalue weighted by atomic mass is 10.1. The molecule has 0 aliphatic rings. The summed E-state index contributed by atoms with van der Waals surface area (Å²) in [6.07, 6.45) is 0. The Kier molecular flexibility index (Phi) is 4.85. The highest BCUT2D eigenvalue weighted by Crippen LogP contribution is 2.35. The Morgan fingerprint density at radius 3 is 1.94 bits per heavy atom. The molecular weight excluding hydrogens is 382 g/mol. The number of hydrogen-bond donors (Lipinski definition) is 0. The Hall–Kier alpha value is -4.11. The van der Waals surface area contributed by atoms with Crippen LogP contribution in [-0.2, 0) is 0 Å². The molecule has 0 unspecified atom stereocenters. The molecular formula is C28H21NO2. The fourth-order valence-corrected chi connectivity index (χ4v) is 3.74. The minimum Gasteiger partial charge on any atom is -0.456 e. The van der Waals surface area contributed by atoms with Crippen molar-refractivity contribution in [1.29, 1.82) is 0 Å². The van der Waals surface area contributed by atoms with Crippen molar-refractivity contribution in [3.8, 4) is 11.3 Å². The second kappa shape index (κ2) is 7.96. The second-order valence-corrected chi connectivity index (χ2v) is 7.52. The molecule has 0 atom stereocenters. The average molecular weight is 403 g/mol. The monoisotopic (exact) mass is 403 g/mol. The van der Waals surface area contributed by atoms with Crippen LogP contribution in [0.25, 0.3) is 22.3 Å². The van der Waals surface area contributed by atoms with Crippen LogP contribution in [0.3, 0.4) is 0 Å². The van der Waals surface area contributed by atoms with Crippen molar-refractivity contribution < 1.29 is 4.42 Å². The molecule has 3 heteroatoms. The van der Waals surface area contributed by atoms with Gasteiger partial charge in [-0.25, -0.2) is 0 Å². The highest BCUT2D eigenvalue weighted by atomic mass is 16.3. The summed E-state index contributed by atoms with van der Waals surface area (Å²) in [7, 11) is 0. The molecule has 0 bridgehead atoms. The highest BCUT2D eigenvalue weighted by molar-refractivity contribution is 5.80. The maximum atomic E-state index is 12.5. The molecule has 0 N–H and O–H groups in total. The van der Waals surface area contributed by atoms with Crippen LogP contribution in [0.5, 0.6) is 0 Å². The molecule has 5 rings (SSSR count). The summed E-state index contributed by atoms with van der Waals surface area (Å²) < 4.78 is 6.00. The number of para-hydroxylation sites is 2. The predicted octanol–water partition coefficient (Wildman–Crippen LogP) is 7.24. The van der Waals surface area contributed by atoms with E-state index in [0.29, 0.717) is 16.7 Å². The molecule has 5 aromatic rings. The number of aryl methyl sites for hydroxylation is 1. The van der Waals surface area contributed by atoms with Gasteiger partial charge < -0.3 is 9.32 Å². The Balaban J connectivity index is 1.57. The van der Waals surface area contributed by atoms with Gasteiger partial charge in [-0.05, 0) is 67.6 Å². The SMILES string of the molecule is Cc1ccc(N(c2ccccc2)c2ccc(-c3cc(=O)c4ccccc4o3)cc2)cc1. The van der Waals surface area contributed by atoms with E-state index in [-0.39, 0.29) is 5.43 Å². The van der Waals surface area contributed by atoms with Gasteiger partial charge in [-0.1, -0.05) is 48.0 Å². The third kappa shape index (κ3) is 3.74. The van der Waals surface area contributed by atoms with Gasteiger partial charge in [0.15, 0.2) is 5.43 Å². The lowest BCUT2D eigenvalue weighted by Crippen LogP contribution is -2.09. The first-order valence-corrected chi connectivity index (χ1v) is 10.2. The lowest BCUT2D eigenvalue weighted by molar-refractivity contribution is 0.619. The maximum Gasteiger partial charge on any atom is 0.193 e. The predicted molar refractivity (Wildman–Crippen MR) is 127 cm³/mol.